The fourth-order valence-corrected chi connectivity index (χ4v) is 4.43. The molecule has 1 saturated heterocycles. The highest BCUT2D eigenvalue weighted by atomic mass is 16.5. The van der Waals surface area contributed by atoms with Gasteiger partial charge in [-0.15, -0.1) is 0 Å². The number of ketones is 1. The molecule has 0 saturated carbocycles. The highest BCUT2D eigenvalue weighted by Gasteiger charge is 2.48. The van der Waals surface area contributed by atoms with Crippen LogP contribution in [-0.4, -0.2) is 28.4 Å². The van der Waals surface area contributed by atoms with Gasteiger partial charge in [-0.2, -0.15) is 0 Å². The second-order valence-corrected chi connectivity index (χ2v) is 9.60. The molecule has 1 unspecified atom stereocenters. The Kier molecular flexibility index (Phi) is 6.48. The van der Waals surface area contributed by atoms with Crippen LogP contribution in [-0.2, 0) is 15.0 Å². The minimum atomic E-state index is -0.859. The lowest BCUT2D eigenvalue weighted by atomic mass is 9.84. The quantitative estimate of drug-likeness (QED) is 0.293. The second kappa shape index (κ2) is 9.37. The third-order valence-corrected chi connectivity index (χ3v) is 6.15. The number of hydrogen-bond donors (Lipinski definition) is 1. The van der Waals surface area contributed by atoms with Crippen molar-refractivity contribution in [2.24, 2.45) is 0 Å². The number of nitrogens with zero attached hydrogens (tertiary/aromatic N) is 2. The first-order valence-electron chi connectivity index (χ1n) is 11.7. The molecule has 1 N–H and O–H groups in total. The third kappa shape index (κ3) is 4.44. The molecule has 4 rings (SSSR count). The Hall–Kier alpha value is -3.93. The number of ether oxygens (including phenoxy) is 1. The van der Waals surface area contributed by atoms with Crippen LogP contribution in [0.25, 0.3) is 5.76 Å². The van der Waals surface area contributed by atoms with Gasteiger partial charge in [0.15, 0.2) is 0 Å². The van der Waals surface area contributed by atoms with Crippen molar-refractivity contribution in [2.75, 3.05) is 11.5 Å². The standard InChI is InChI=1S/C29H30N2O4/c1-6-35-23-15-14-19(17-20(23)29(3,4)5)26(32)24-25(21-12-9-10-16-30-21)31(28(34)27(24)33)22-13-8-7-11-18(22)2/h7-17,25,32H,6H2,1-5H3/b26-24-. The van der Waals surface area contributed by atoms with Crippen LogP contribution in [0.1, 0.15) is 56.1 Å². The van der Waals surface area contributed by atoms with Crippen molar-refractivity contribution < 1.29 is 19.4 Å². The van der Waals surface area contributed by atoms with Gasteiger partial charge >= 0.3 is 0 Å². The highest BCUT2D eigenvalue weighted by molar-refractivity contribution is 6.51. The minimum Gasteiger partial charge on any atom is -0.507 e. The highest BCUT2D eigenvalue weighted by Crippen LogP contribution is 2.43. The number of aromatic nitrogens is 1. The summed E-state index contributed by atoms with van der Waals surface area (Å²) in [6.07, 6.45) is 1.61. The number of rotatable bonds is 5. The molecule has 2 heterocycles. The predicted molar refractivity (Wildman–Crippen MR) is 137 cm³/mol. The topological polar surface area (TPSA) is 79.7 Å². The van der Waals surface area contributed by atoms with Crippen LogP contribution in [0.15, 0.2) is 72.4 Å². The molecule has 35 heavy (non-hydrogen) atoms. The first-order chi connectivity index (χ1) is 16.6. The van der Waals surface area contributed by atoms with Crippen molar-refractivity contribution in [3.05, 3.63) is 94.8 Å². The monoisotopic (exact) mass is 470 g/mol. The normalized spacial score (nSPS) is 17.6. The Morgan fingerprint density at radius 2 is 1.77 bits per heavy atom. The molecule has 2 aromatic carbocycles. The van der Waals surface area contributed by atoms with E-state index in [0.717, 1.165) is 16.9 Å². The molecule has 1 aliphatic rings. The van der Waals surface area contributed by atoms with E-state index < -0.39 is 17.7 Å². The molecular formula is C29H30N2O4. The van der Waals surface area contributed by atoms with Crippen LogP contribution in [0.5, 0.6) is 5.75 Å². The van der Waals surface area contributed by atoms with Crippen molar-refractivity contribution >= 4 is 23.1 Å². The van der Waals surface area contributed by atoms with Crippen LogP contribution in [0, 0.1) is 6.92 Å². The van der Waals surface area contributed by atoms with Crippen molar-refractivity contribution in [2.45, 2.75) is 46.1 Å². The van der Waals surface area contributed by atoms with Gasteiger partial charge in [-0.1, -0.05) is 45.0 Å². The molecule has 1 fully saturated rings. The molecule has 6 nitrogen and oxygen atoms in total. The summed E-state index contributed by atoms with van der Waals surface area (Å²) < 4.78 is 5.80. The van der Waals surface area contributed by atoms with Crippen molar-refractivity contribution in [3.8, 4) is 5.75 Å². The Labute approximate surface area is 205 Å². The number of hydrogen-bond acceptors (Lipinski definition) is 5. The van der Waals surface area contributed by atoms with Gasteiger partial charge in [0.2, 0.25) is 0 Å². The summed E-state index contributed by atoms with van der Waals surface area (Å²) >= 11 is 0. The maximum Gasteiger partial charge on any atom is 0.300 e. The Morgan fingerprint density at radius 3 is 2.40 bits per heavy atom. The zero-order valence-electron chi connectivity index (χ0n) is 20.7. The predicted octanol–water partition coefficient (Wildman–Crippen LogP) is 5.71. The zero-order chi connectivity index (χ0) is 25.3. The van der Waals surface area contributed by atoms with Gasteiger partial charge in [0, 0.05) is 23.0 Å². The Morgan fingerprint density at radius 1 is 1.06 bits per heavy atom. The molecule has 0 bridgehead atoms. The van der Waals surface area contributed by atoms with Crippen LogP contribution >= 0.6 is 0 Å². The first kappa shape index (κ1) is 24.2. The lowest BCUT2D eigenvalue weighted by molar-refractivity contribution is -0.132. The van der Waals surface area contributed by atoms with Crippen LogP contribution in [0.2, 0.25) is 0 Å². The van der Waals surface area contributed by atoms with Gasteiger partial charge in [0.25, 0.3) is 11.7 Å². The molecular weight excluding hydrogens is 440 g/mol. The fourth-order valence-electron chi connectivity index (χ4n) is 4.43. The second-order valence-electron chi connectivity index (χ2n) is 9.60. The molecule has 6 heteroatoms. The van der Waals surface area contributed by atoms with E-state index in [9.17, 15) is 14.7 Å². The van der Waals surface area contributed by atoms with Crippen molar-refractivity contribution in [1.29, 1.82) is 0 Å². The number of amides is 1. The number of Topliss-reactive ketones (excluding diaryl/α,β-unsaturated/α-hetero) is 1. The summed E-state index contributed by atoms with van der Waals surface area (Å²) in [5, 5.41) is 11.5. The van der Waals surface area contributed by atoms with Crippen LogP contribution in [0.3, 0.4) is 0 Å². The summed E-state index contributed by atoms with van der Waals surface area (Å²) in [6, 6.07) is 17.2. The number of para-hydroxylation sites is 1. The van der Waals surface area contributed by atoms with Gasteiger partial charge in [-0.25, -0.2) is 0 Å². The van der Waals surface area contributed by atoms with E-state index in [-0.39, 0.29) is 16.7 Å². The van der Waals surface area contributed by atoms with E-state index in [2.05, 4.69) is 25.8 Å². The Balaban J connectivity index is 1.95. The minimum absolute atomic E-state index is 0.0148. The number of benzene rings is 2. The SMILES string of the molecule is CCOc1ccc(/C(O)=C2/C(=O)C(=O)N(c3ccccc3C)C2c2ccccn2)cc1C(C)(C)C. The molecule has 1 amide bonds. The molecule has 0 aliphatic carbocycles. The number of aliphatic hydroxyl groups is 1. The molecule has 0 radical (unpaired) electrons. The largest absolute Gasteiger partial charge is 0.507 e. The van der Waals surface area contributed by atoms with Crippen LogP contribution in [0.4, 0.5) is 5.69 Å². The molecule has 0 spiro atoms. The van der Waals surface area contributed by atoms with Gasteiger partial charge in [0.1, 0.15) is 17.6 Å². The van der Waals surface area contributed by atoms with E-state index in [1.165, 1.54) is 4.90 Å². The van der Waals surface area contributed by atoms with E-state index in [1.54, 1.807) is 42.6 Å². The lowest BCUT2D eigenvalue weighted by Crippen LogP contribution is -2.30. The van der Waals surface area contributed by atoms with E-state index in [1.807, 2.05) is 38.1 Å². The zero-order valence-corrected chi connectivity index (χ0v) is 20.7. The van der Waals surface area contributed by atoms with Gasteiger partial charge in [0.05, 0.1) is 17.9 Å². The van der Waals surface area contributed by atoms with Gasteiger partial charge in [-0.3, -0.25) is 19.5 Å². The van der Waals surface area contributed by atoms with Crippen molar-refractivity contribution in [1.82, 2.24) is 4.98 Å². The maximum atomic E-state index is 13.4. The summed E-state index contributed by atoms with van der Waals surface area (Å²) in [4.78, 5) is 32.6. The maximum absolute atomic E-state index is 13.4. The first-order valence-corrected chi connectivity index (χ1v) is 11.7. The van der Waals surface area contributed by atoms with E-state index in [0.29, 0.717) is 23.6 Å². The average Bonchev–Trinajstić information content (AvgIpc) is 3.09. The van der Waals surface area contributed by atoms with Gasteiger partial charge in [-0.05, 0) is 61.2 Å². The third-order valence-electron chi connectivity index (χ3n) is 6.15. The summed E-state index contributed by atoms with van der Waals surface area (Å²) in [5.74, 6) is -0.951. The van der Waals surface area contributed by atoms with Crippen LogP contribution < -0.4 is 9.64 Å². The van der Waals surface area contributed by atoms with E-state index >= 15 is 0 Å². The number of carbonyl (C=O) groups is 2. The average molecular weight is 471 g/mol. The smallest absolute Gasteiger partial charge is 0.300 e. The molecule has 3 aromatic rings. The number of pyridine rings is 1. The summed E-state index contributed by atoms with van der Waals surface area (Å²) in [6.45, 7) is 10.5. The molecule has 180 valence electrons. The molecule has 1 aliphatic heterocycles. The number of aliphatic hydroxyl groups excluding tert-OH is 1. The molecule has 1 aromatic heterocycles. The molecule has 1 atom stereocenters. The fraction of sp³-hybridized carbons (Fsp3) is 0.276. The lowest BCUT2D eigenvalue weighted by Gasteiger charge is -2.26. The van der Waals surface area contributed by atoms with Gasteiger partial charge < -0.3 is 9.84 Å². The summed E-state index contributed by atoms with van der Waals surface area (Å²) in [7, 11) is 0. The summed E-state index contributed by atoms with van der Waals surface area (Å²) in [5.41, 5.74) is 3.03. The number of aryl methyl sites for hydroxylation is 1. The van der Waals surface area contributed by atoms with E-state index in [4.69, 9.17) is 4.74 Å². The van der Waals surface area contributed by atoms with Crippen molar-refractivity contribution in [3.63, 3.8) is 0 Å². The Bertz CT molecular complexity index is 1310. The number of carbonyl (C=O) groups excluding carboxylic acids is 2. The number of anilines is 1.